The van der Waals surface area contributed by atoms with Crippen molar-refractivity contribution in [2.45, 2.75) is 26.7 Å². The maximum atomic E-state index is 11.2. The Labute approximate surface area is 97.7 Å². The predicted octanol–water partition coefficient (Wildman–Crippen LogP) is 2.31. The molecule has 3 nitrogen and oxygen atoms in total. The second kappa shape index (κ2) is 4.22. The molecule has 0 unspecified atom stereocenters. The van der Waals surface area contributed by atoms with Crippen molar-refractivity contribution in [3.63, 3.8) is 0 Å². The first kappa shape index (κ1) is 11.1. The Kier molecular flexibility index (Phi) is 2.92. The van der Waals surface area contributed by atoms with Gasteiger partial charge in [0.2, 0.25) is 0 Å². The number of aryl methyl sites for hydroxylation is 2. The zero-order valence-electron chi connectivity index (χ0n) is 9.20. The number of hydrogen-bond donors (Lipinski definition) is 0. The van der Waals surface area contributed by atoms with E-state index in [1.807, 2.05) is 0 Å². The summed E-state index contributed by atoms with van der Waals surface area (Å²) >= 11 is 1.74. The molecule has 1 aromatic rings. The number of thiophene rings is 1. The largest absolute Gasteiger partial charge is 0.389 e. The molecular formula is C12H12O3S. The number of esters is 2. The minimum atomic E-state index is -0.491. The molecule has 0 aliphatic carbocycles. The van der Waals surface area contributed by atoms with Crippen LogP contribution >= 0.6 is 11.3 Å². The van der Waals surface area contributed by atoms with Gasteiger partial charge in [-0.15, -0.1) is 11.3 Å². The fourth-order valence-electron chi connectivity index (χ4n) is 1.71. The van der Waals surface area contributed by atoms with Crippen molar-refractivity contribution in [1.82, 2.24) is 0 Å². The van der Waals surface area contributed by atoms with E-state index in [1.54, 1.807) is 17.4 Å². The third-order valence-electron chi connectivity index (χ3n) is 2.52. The Hall–Kier alpha value is -1.42. The predicted molar refractivity (Wildman–Crippen MR) is 61.3 cm³/mol. The smallest absolute Gasteiger partial charge is 0.341 e. The Balaban J connectivity index is 2.12. The number of carbonyl (C=O) groups excluding carboxylic acids is 2. The summed E-state index contributed by atoms with van der Waals surface area (Å²) in [5.41, 5.74) is 1.69. The van der Waals surface area contributed by atoms with Crippen LogP contribution < -0.4 is 0 Å². The van der Waals surface area contributed by atoms with Crippen LogP contribution in [-0.2, 0) is 20.7 Å². The number of hydrogen-bond acceptors (Lipinski definition) is 4. The lowest BCUT2D eigenvalue weighted by Gasteiger charge is -1.94. The van der Waals surface area contributed by atoms with E-state index in [0.717, 1.165) is 0 Å². The second-order valence-electron chi connectivity index (χ2n) is 3.81. The molecule has 0 N–H and O–H groups in total. The molecule has 1 aliphatic heterocycles. The van der Waals surface area contributed by atoms with Crippen LogP contribution in [0.2, 0.25) is 0 Å². The maximum absolute atomic E-state index is 11.2. The molecule has 0 spiro atoms. The summed E-state index contributed by atoms with van der Waals surface area (Å²) in [6, 6.07) is 2.11. The minimum Gasteiger partial charge on any atom is -0.389 e. The van der Waals surface area contributed by atoms with Gasteiger partial charge in [-0.1, -0.05) is 6.08 Å². The van der Waals surface area contributed by atoms with Crippen LogP contribution in [0.3, 0.4) is 0 Å². The Morgan fingerprint density at radius 3 is 2.69 bits per heavy atom. The lowest BCUT2D eigenvalue weighted by atomic mass is 10.1. The monoisotopic (exact) mass is 236 g/mol. The summed E-state index contributed by atoms with van der Waals surface area (Å²) in [4.78, 5) is 24.6. The number of carbonyl (C=O) groups is 2. The summed E-state index contributed by atoms with van der Waals surface area (Å²) in [6.07, 6.45) is 2.59. The molecule has 1 aliphatic rings. The molecular weight excluding hydrogens is 224 g/mol. The van der Waals surface area contributed by atoms with Gasteiger partial charge in [-0.05, 0) is 31.9 Å². The molecule has 2 heterocycles. The lowest BCUT2D eigenvalue weighted by molar-refractivity contribution is -0.151. The molecule has 4 heteroatoms. The van der Waals surface area contributed by atoms with Crippen LogP contribution in [0, 0.1) is 13.8 Å². The highest BCUT2D eigenvalue weighted by atomic mass is 32.1. The zero-order valence-corrected chi connectivity index (χ0v) is 10.0. The first-order valence-electron chi connectivity index (χ1n) is 5.06. The van der Waals surface area contributed by atoms with Crippen LogP contribution in [0.25, 0.3) is 0 Å². The van der Waals surface area contributed by atoms with Crippen LogP contribution in [0.1, 0.15) is 21.7 Å². The van der Waals surface area contributed by atoms with Gasteiger partial charge in [0, 0.05) is 15.3 Å². The van der Waals surface area contributed by atoms with E-state index in [4.69, 9.17) is 0 Å². The fourth-order valence-corrected chi connectivity index (χ4v) is 2.66. The molecule has 1 saturated heterocycles. The number of allylic oxidation sites excluding steroid dienone is 1. The van der Waals surface area contributed by atoms with Crippen LogP contribution in [0.15, 0.2) is 17.7 Å². The van der Waals surface area contributed by atoms with Crippen molar-refractivity contribution >= 4 is 23.3 Å². The summed E-state index contributed by atoms with van der Waals surface area (Å²) in [5.74, 6) is -0.941. The van der Waals surface area contributed by atoms with Crippen molar-refractivity contribution in [3.8, 4) is 0 Å². The molecule has 2 rings (SSSR count). The van der Waals surface area contributed by atoms with Gasteiger partial charge in [-0.2, -0.15) is 0 Å². The minimum absolute atomic E-state index is 0.112. The molecule has 16 heavy (non-hydrogen) atoms. The highest BCUT2D eigenvalue weighted by molar-refractivity contribution is 7.12. The summed E-state index contributed by atoms with van der Waals surface area (Å²) in [7, 11) is 0. The quantitative estimate of drug-likeness (QED) is 0.449. The first-order chi connectivity index (χ1) is 7.56. The first-order valence-corrected chi connectivity index (χ1v) is 5.88. The third kappa shape index (κ3) is 2.22. The van der Waals surface area contributed by atoms with Gasteiger partial charge in [-0.3, -0.25) is 4.79 Å². The summed E-state index contributed by atoms with van der Waals surface area (Å²) in [6.45, 7) is 4.12. The van der Waals surface area contributed by atoms with Crippen molar-refractivity contribution in [1.29, 1.82) is 0 Å². The van der Waals surface area contributed by atoms with Gasteiger partial charge >= 0.3 is 11.9 Å². The van der Waals surface area contributed by atoms with E-state index in [0.29, 0.717) is 12.0 Å². The van der Waals surface area contributed by atoms with E-state index in [-0.39, 0.29) is 6.42 Å². The van der Waals surface area contributed by atoms with E-state index in [9.17, 15) is 9.59 Å². The van der Waals surface area contributed by atoms with E-state index >= 15 is 0 Å². The number of rotatable bonds is 2. The molecule has 0 saturated carbocycles. The third-order valence-corrected chi connectivity index (χ3v) is 3.52. The lowest BCUT2D eigenvalue weighted by Crippen LogP contribution is -1.97. The van der Waals surface area contributed by atoms with Crippen LogP contribution in [0.4, 0.5) is 0 Å². The summed E-state index contributed by atoms with van der Waals surface area (Å²) < 4.78 is 4.45. The molecule has 0 amide bonds. The van der Waals surface area contributed by atoms with Crippen molar-refractivity contribution in [2.75, 3.05) is 0 Å². The SMILES string of the molecule is Cc1cc(CC=C2CC(=O)OC2=O)c(C)s1. The van der Waals surface area contributed by atoms with Gasteiger partial charge in [0.05, 0.1) is 6.42 Å². The van der Waals surface area contributed by atoms with Crippen molar-refractivity contribution in [3.05, 3.63) is 33.0 Å². The Morgan fingerprint density at radius 2 is 2.19 bits per heavy atom. The number of ether oxygens (including phenoxy) is 1. The van der Waals surface area contributed by atoms with Gasteiger partial charge in [-0.25, -0.2) is 4.79 Å². The summed E-state index contributed by atoms with van der Waals surface area (Å²) in [5, 5.41) is 0. The van der Waals surface area contributed by atoms with Crippen molar-refractivity contribution < 1.29 is 14.3 Å². The second-order valence-corrected chi connectivity index (χ2v) is 5.27. The highest BCUT2D eigenvalue weighted by Gasteiger charge is 2.26. The number of cyclic esters (lactones) is 2. The topological polar surface area (TPSA) is 43.4 Å². The van der Waals surface area contributed by atoms with Crippen LogP contribution in [-0.4, -0.2) is 11.9 Å². The average Bonchev–Trinajstić information content (AvgIpc) is 2.66. The van der Waals surface area contributed by atoms with Gasteiger partial charge in [0.15, 0.2) is 0 Å². The Bertz CT molecular complexity index is 482. The molecule has 0 bridgehead atoms. The van der Waals surface area contributed by atoms with E-state index < -0.39 is 11.9 Å². The molecule has 0 atom stereocenters. The zero-order chi connectivity index (χ0) is 11.7. The van der Waals surface area contributed by atoms with Gasteiger partial charge in [0.25, 0.3) is 0 Å². The normalized spacial score (nSPS) is 18.2. The molecule has 0 radical (unpaired) electrons. The van der Waals surface area contributed by atoms with E-state index in [1.165, 1.54) is 15.3 Å². The van der Waals surface area contributed by atoms with Gasteiger partial charge < -0.3 is 4.74 Å². The molecule has 0 aromatic carbocycles. The van der Waals surface area contributed by atoms with E-state index in [2.05, 4.69) is 24.7 Å². The maximum Gasteiger partial charge on any atom is 0.341 e. The standard InChI is InChI=1S/C12H12O3S/c1-7-5-9(8(2)16-7)3-4-10-6-11(13)15-12(10)14/h4-5H,3,6H2,1-2H3. The molecule has 1 aromatic heterocycles. The average molecular weight is 236 g/mol. The molecule has 1 fully saturated rings. The van der Waals surface area contributed by atoms with Gasteiger partial charge in [0.1, 0.15) is 0 Å². The van der Waals surface area contributed by atoms with Crippen molar-refractivity contribution in [2.24, 2.45) is 0 Å². The molecule has 84 valence electrons. The van der Waals surface area contributed by atoms with Crippen LogP contribution in [0.5, 0.6) is 0 Å². The Morgan fingerprint density at radius 1 is 1.44 bits per heavy atom. The fraction of sp³-hybridized carbons (Fsp3) is 0.333. The highest BCUT2D eigenvalue weighted by Crippen LogP contribution is 2.23.